The summed E-state index contributed by atoms with van der Waals surface area (Å²) in [7, 11) is 3.06. The SMILES string of the molecule is COc1ccc(C(=O)NCCN(C(C)=O)c2ccc(C)cc2C)cc1OC. The lowest BCUT2D eigenvalue weighted by Crippen LogP contribution is -2.38. The molecule has 0 aliphatic rings. The van der Waals surface area contributed by atoms with Gasteiger partial charge in [-0.05, 0) is 43.7 Å². The van der Waals surface area contributed by atoms with Gasteiger partial charge < -0.3 is 19.7 Å². The molecule has 6 heteroatoms. The fourth-order valence-electron chi connectivity index (χ4n) is 2.92. The highest BCUT2D eigenvalue weighted by Crippen LogP contribution is 2.27. The van der Waals surface area contributed by atoms with Gasteiger partial charge in [0, 0.05) is 31.3 Å². The van der Waals surface area contributed by atoms with Crippen LogP contribution in [0, 0.1) is 13.8 Å². The Hall–Kier alpha value is -3.02. The minimum absolute atomic E-state index is 0.0673. The summed E-state index contributed by atoms with van der Waals surface area (Å²) in [5.41, 5.74) is 3.49. The third-order valence-electron chi connectivity index (χ3n) is 4.29. The van der Waals surface area contributed by atoms with Gasteiger partial charge in [-0.3, -0.25) is 9.59 Å². The van der Waals surface area contributed by atoms with Crippen LogP contribution in [0.1, 0.15) is 28.4 Å². The van der Waals surface area contributed by atoms with Crippen LogP contribution in [0.4, 0.5) is 5.69 Å². The van der Waals surface area contributed by atoms with Crippen molar-refractivity contribution in [2.45, 2.75) is 20.8 Å². The first-order chi connectivity index (χ1) is 12.9. The molecule has 0 spiro atoms. The zero-order chi connectivity index (χ0) is 20.0. The molecule has 2 aromatic rings. The van der Waals surface area contributed by atoms with E-state index in [-0.39, 0.29) is 11.8 Å². The minimum atomic E-state index is -0.236. The Morgan fingerprint density at radius 2 is 1.70 bits per heavy atom. The van der Waals surface area contributed by atoms with Crippen LogP contribution in [-0.4, -0.2) is 39.1 Å². The maximum atomic E-state index is 12.4. The van der Waals surface area contributed by atoms with E-state index in [1.54, 1.807) is 30.2 Å². The van der Waals surface area contributed by atoms with Crippen LogP contribution in [0.2, 0.25) is 0 Å². The van der Waals surface area contributed by atoms with Crippen molar-refractivity contribution >= 4 is 17.5 Å². The molecule has 0 atom stereocenters. The fraction of sp³-hybridized carbons (Fsp3) is 0.333. The molecule has 0 aliphatic carbocycles. The molecule has 0 aromatic heterocycles. The third-order valence-corrected chi connectivity index (χ3v) is 4.29. The Bertz CT molecular complexity index is 833. The van der Waals surface area contributed by atoms with Crippen LogP contribution in [0.15, 0.2) is 36.4 Å². The maximum absolute atomic E-state index is 12.4. The van der Waals surface area contributed by atoms with Crippen molar-refractivity contribution < 1.29 is 19.1 Å². The second kappa shape index (κ2) is 9.07. The van der Waals surface area contributed by atoms with E-state index < -0.39 is 0 Å². The lowest BCUT2D eigenvalue weighted by atomic mass is 10.1. The monoisotopic (exact) mass is 370 g/mol. The van der Waals surface area contributed by atoms with Crippen molar-refractivity contribution in [1.82, 2.24) is 5.32 Å². The highest BCUT2D eigenvalue weighted by atomic mass is 16.5. The number of aryl methyl sites for hydroxylation is 2. The Balaban J connectivity index is 2.04. The van der Waals surface area contributed by atoms with Crippen molar-refractivity contribution in [3.8, 4) is 11.5 Å². The number of benzene rings is 2. The summed E-state index contributed by atoms with van der Waals surface area (Å²) in [6.45, 7) is 6.23. The molecule has 2 aromatic carbocycles. The van der Waals surface area contributed by atoms with E-state index in [1.807, 2.05) is 32.0 Å². The van der Waals surface area contributed by atoms with Crippen molar-refractivity contribution in [3.05, 3.63) is 53.1 Å². The number of anilines is 1. The van der Waals surface area contributed by atoms with Gasteiger partial charge in [-0.15, -0.1) is 0 Å². The molecule has 0 saturated carbocycles. The van der Waals surface area contributed by atoms with Gasteiger partial charge in [0.15, 0.2) is 11.5 Å². The van der Waals surface area contributed by atoms with E-state index in [2.05, 4.69) is 5.32 Å². The molecule has 0 fully saturated rings. The molecule has 0 saturated heterocycles. The molecule has 0 radical (unpaired) electrons. The molecule has 2 rings (SSSR count). The summed E-state index contributed by atoms with van der Waals surface area (Å²) >= 11 is 0. The largest absolute Gasteiger partial charge is 0.493 e. The quantitative estimate of drug-likeness (QED) is 0.813. The molecule has 0 aliphatic heterocycles. The molecule has 0 heterocycles. The van der Waals surface area contributed by atoms with E-state index in [0.717, 1.165) is 16.8 Å². The summed E-state index contributed by atoms with van der Waals surface area (Å²) in [5, 5.41) is 2.84. The van der Waals surface area contributed by atoms with Gasteiger partial charge in [-0.2, -0.15) is 0 Å². The molecule has 0 unspecified atom stereocenters. The number of rotatable bonds is 7. The van der Waals surface area contributed by atoms with Crippen LogP contribution in [0.3, 0.4) is 0 Å². The first-order valence-electron chi connectivity index (χ1n) is 8.73. The maximum Gasteiger partial charge on any atom is 0.251 e. The lowest BCUT2D eigenvalue weighted by Gasteiger charge is -2.23. The van der Waals surface area contributed by atoms with E-state index in [4.69, 9.17) is 9.47 Å². The third kappa shape index (κ3) is 5.00. The normalized spacial score (nSPS) is 10.3. The molecule has 2 amide bonds. The molecule has 0 bridgehead atoms. The number of ether oxygens (including phenoxy) is 2. The Morgan fingerprint density at radius 3 is 2.30 bits per heavy atom. The van der Waals surface area contributed by atoms with Crippen LogP contribution >= 0.6 is 0 Å². The van der Waals surface area contributed by atoms with Gasteiger partial charge in [-0.25, -0.2) is 0 Å². The van der Waals surface area contributed by atoms with Gasteiger partial charge in [0.05, 0.1) is 14.2 Å². The Kier molecular flexibility index (Phi) is 6.82. The summed E-state index contributed by atoms with van der Waals surface area (Å²) < 4.78 is 10.4. The molecular formula is C21H26N2O4. The number of carbonyl (C=O) groups excluding carboxylic acids is 2. The first kappa shape index (κ1) is 20.3. The van der Waals surface area contributed by atoms with Crippen LogP contribution < -0.4 is 19.7 Å². The predicted molar refractivity (Wildman–Crippen MR) is 106 cm³/mol. The topological polar surface area (TPSA) is 67.9 Å². The van der Waals surface area contributed by atoms with Crippen LogP contribution in [0.5, 0.6) is 11.5 Å². The first-order valence-corrected chi connectivity index (χ1v) is 8.73. The summed E-state index contributed by atoms with van der Waals surface area (Å²) in [6.07, 6.45) is 0. The smallest absolute Gasteiger partial charge is 0.251 e. The number of nitrogens with one attached hydrogen (secondary N) is 1. The minimum Gasteiger partial charge on any atom is -0.493 e. The second-order valence-corrected chi connectivity index (χ2v) is 6.29. The standard InChI is InChI=1S/C21H26N2O4/c1-14-6-8-18(15(2)12-14)23(16(3)24)11-10-22-21(25)17-7-9-19(26-4)20(13-17)27-5/h6-9,12-13H,10-11H2,1-5H3,(H,22,25). The van der Waals surface area contributed by atoms with Gasteiger partial charge in [0.1, 0.15) is 0 Å². The lowest BCUT2D eigenvalue weighted by molar-refractivity contribution is -0.116. The number of amides is 2. The van der Waals surface area contributed by atoms with E-state index in [9.17, 15) is 9.59 Å². The van der Waals surface area contributed by atoms with Crippen molar-refractivity contribution in [3.63, 3.8) is 0 Å². The second-order valence-electron chi connectivity index (χ2n) is 6.29. The molecule has 27 heavy (non-hydrogen) atoms. The van der Waals surface area contributed by atoms with Gasteiger partial charge >= 0.3 is 0 Å². The van der Waals surface area contributed by atoms with Crippen molar-refractivity contribution in [2.75, 3.05) is 32.2 Å². The van der Waals surface area contributed by atoms with Gasteiger partial charge in [-0.1, -0.05) is 17.7 Å². The van der Waals surface area contributed by atoms with Gasteiger partial charge in [0.2, 0.25) is 5.91 Å². The summed E-state index contributed by atoms with van der Waals surface area (Å²) in [6, 6.07) is 10.9. The Labute approximate surface area is 160 Å². The zero-order valence-electron chi connectivity index (χ0n) is 16.5. The van der Waals surface area contributed by atoms with E-state index in [1.165, 1.54) is 14.0 Å². The number of carbonyl (C=O) groups is 2. The number of methoxy groups -OCH3 is 2. The molecule has 1 N–H and O–H groups in total. The molecule has 144 valence electrons. The summed E-state index contributed by atoms with van der Waals surface area (Å²) in [5.74, 6) is 0.750. The van der Waals surface area contributed by atoms with E-state index >= 15 is 0 Å². The fourth-order valence-corrected chi connectivity index (χ4v) is 2.92. The number of hydrogen-bond donors (Lipinski definition) is 1. The Morgan fingerprint density at radius 1 is 1.00 bits per heavy atom. The van der Waals surface area contributed by atoms with Crippen LogP contribution in [0.25, 0.3) is 0 Å². The summed E-state index contributed by atoms with van der Waals surface area (Å²) in [4.78, 5) is 26.1. The van der Waals surface area contributed by atoms with Gasteiger partial charge in [0.25, 0.3) is 5.91 Å². The van der Waals surface area contributed by atoms with Crippen molar-refractivity contribution in [1.29, 1.82) is 0 Å². The number of hydrogen-bond acceptors (Lipinski definition) is 4. The highest BCUT2D eigenvalue weighted by molar-refractivity contribution is 5.95. The molecular weight excluding hydrogens is 344 g/mol. The number of nitrogens with zero attached hydrogens (tertiary/aromatic N) is 1. The zero-order valence-corrected chi connectivity index (χ0v) is 16.5. The van der Waals surface area contributed by atoms with E-state index in [0.29, 0.717) is 30.2 Å². The van der Waals surface area contributed by atoms with Crippen LogP contribution in [-0.2, 0) is 4.79 Å². The average Bonchev–Trinajstić information content (AvgIpc) is 2.65. The van der Waals surface area contributed by atoms with Crippen molar-refractivity contribution in [2.24, 2.45) is 0 Å². The average molecular weight is 370 g/mol. The predicted octanol–water partition coefficient (Wildman–Crippen LogP) is 3.10. The molecule has 6 nitrogen and oxygen atoms in total. The highest BCUT2D eigenvalue weighted by Gasteiger charge is 2.15.